The summed E-state index contributed by atoms with van der Waals surface area (Å²) in [7, 11) is 0. The Kier molecular flexibility index (Phi) is 7.85. The molecule has 0 fully saturated rings. The summed E-state index contributed by atoms with van der Waals surface area (Å²) in [5, 5.41) is -1.88. The molecule has 7 heteroatoms. The highest BCUT2D eigenvalue weighted by atomic mass is 35.5. The summed E-state index contributed by atoms with van der Waals surface area (Å²) >= 11 is 5.12. The zero-order valence-electron chi connectivity index (χ0n) is 16.0. The molecule has 2 rings (SSSR count). The number of esters is 1. The number of rotatable bonds is 10. The van der Waals surface area contributed by atoms with E-state index in [1.807, 2.05) is 37.3 Å². The third-order valence-electron chi connectivity index (χ3n) is 4.60. The van der Waals surface area contributed by atoms with Gasteiger partial charge in [0, 0.05) is 6.42 Å². The van der Waals surface area contributed by atoms with Crippen LogP contribution in [0.1, 0.15) is 49.4 Å². The summed E-state index contributed by atoms with van der Waals surface area (Å²) in [6.07, 6.45) is -3.54. The van der Waals surface area contributed by atoms with E-state index < -0.39 is 29.4 Å². The minimum Gasteiger partial charge on any atom is -0.394 e. The summed E-state index contributed by atoms with van der Waals surface area (Å²) in [5.41, 5.74) is -2.33. The third kappa shape index (κ3) is 5.60. The van der Waals surface area contributed by atoms with E-state index in [0.29, 0.717) is 12.8 Å². The lowest BCUT2D eigenvalue weighted by molar-refractivity contribution is -0.270. The van der Waals surface area contributed by atoms with Gasteiger partial charge >= 0.3 is 12.1 Å². The summed E-state index contributed by atoms with van der Waals surface area (Å²) in [6.45, 7) is 1.90. The van der Waals surface area contributed by atoms with Gasteiger partial charge in [0.25, 0.3) is 10.9 Å². The molecule has 2 aromatic rings. The molecule has 3 nitrogen and oxygen atoms in total. The fourth-order valence-electron chi connectivity index (χ4n) is 2.84. The van der Waals surface area contributed by atoms with Crippen molar-refractivity contribution in [3.63, 3.8) is 0 Å². The van der Waals surface area contributed by atoms with Crippen molar-refractivity contribution in [2.24, 2.45) is 0 Å². The Morgan fingerprint density at radius 2 is 1.48 bits per heavy atom. The monoisotopic (exact) mass is 426 g/mol. The molecular formula is C22H22ClF3O3. The second-order valence-corrected chi connectivity index (χ2v) is 7.08. The van der Waals surface area contributed by atoms with Crippen LogP contribution in [0.2, 0.25) is 0 Å². The lowest BCUT2D eigenvalue weighted by Gasteiger charge is -2.29. The maximum Gasteiger partial charge on any atom is 0.443 e. The third-order valence-corrected chi connectivity index (χ3v) is 4.90. The van der Waals surface area contributed by atoms with Crippen molar-refractivity contribution in [3.8, 4) is 11.1 Å². The van der Waals surface area contributed by atoms with Gasteiger partial charge in [0.2, 0.25) is 0 Å². The normalized spacial score (nSPS) is 13.6. The van der Waals surface area contributed by atoms with Crippen LogP contribution in [0.25, 0.3) is 11.1 Å². The molecule has 156 valence electrons. The van der Waals surface area contributed by atoms with Crippen LogP contribution in [-0.4, -0.2) is 23.0 Å². The number of hydrogen-bond acceptors (Lipinski definition) is 3. The summed E-state index contributed by atoms with van der Waals surface area (Å²) in [4.78, 5) is 23.5. The summed E-state index contributed by atoms with van der Waals surface area (Å²) in [5.74, 6) is -1.44. The number of carbonyl (C=O) groups excluding carboxylic acids is 2. The van der Waals surface area contributed by atoms with Crippen LogP contribution >= 0.6 is 11.6 Å². The predicted molar refractivity (Wildman–Crippen MR) is 106 cm³/mol. The second-order valence-electron chi connectivity index (χ2n) is 6.74. The van der Waals surface area contributed by atoms with Crippen LogP contribution < -0.4 is 0 Å². The SMILES string of the molecule is CCCCCCC(F)(C(=O)Cl)C(F)(F)OC(=O)c1ccc(-c2ccccc2)cc1. The van der Waals surface area contributed by atoms with Crippen molar-refractivity contribution in [2.75, 3.05) is 0 Å². The van der Waals surface area contributed by atoms with E-state index >= 15 is 0 Å². The topological polar surface area (TPSA) is 43.4 Å². The molecule has 2 aromatic carbocycles. The number of alkyl halides is 3. The van der Waals surface area contributed by atoms with E-state index in [1.54, 1.807) is 12.1 Å². The minimum absolute atomic E-state index is 0.0156. The highest BCUT2D eigenvalue weighted by molar-refractivity contribution is 6.65. The summed E-state index contributed by atoms with van der Waals surface area (Å²) < 4.78 is 47.7. The molecule has 0 spiro atoms. The van der Waals surface area contributed by atoms with Crippen molar-refractivity contribution in [3.05, 3.63) is 60.2 Å². The molecule has 0 saturated carbocycles. The summed E-state index contributed by atoms with van der Waals surface area (Å²) in [6, 6.07) is 14.9. The van der Waals surface area contributed by atoms with Gasteiger partial charge in [-0.2, -0.15) is 8.78 Å². The Hall–Kier alpha value is -2.34. The molecule has 0 aromatic heterocycles. The zero-order valence-corrected chi connectivity index (χ0v) is 16.7. The van der Waals surface area contributed by atoms with E-state index in [-0.39, 0.29) is 12.0 Å². The molecule has 29 heavy (non-hydrogen) atoms. The van der Waals surface area contributed by atoms with E-state index in [0.717, 1.165) is 17.5 Å². The van der Waals surface area contributed by atoms with Crippen molar-refractivity contribution < 1.29 is 27.5 Å². The molecule has 0 amide bonds. The molecule has 0 heterocycles. The molecule has 1 unspecified atom stereocenters. The van der Waals surface area contributed by atoms with Crippen LogP contribution in [0.4, 0.5) is 13.2 Å². The number of benzene rings is 2. The Morgan fingerprint density at radius 3 is 2.03 bits per heavy atom. The van der Waals surface area contributed by atoms with Gasteiger partial charge in [-0.15, -0.1) is 0 Å². The minimum atomic E-state index is -4.69. The number of carbonyl (C=O) groups is 2. The van der Waals surface area contributed by atoms with E-state index in [9.17, 15) is 22.8 Å². The molecule has 0 radical (unpaired) electrons. The van der Waals surface area contributed by atoms with Crippen molar-refractivity contribution >= 4 is 22.8 Å². The quantitative estimate of drug-likeness (QED) is 0.246. The average Bonchev–Trinajstić information content (AvgIpc) is 2.71. The number of halogens is 4. The zero-order chi connectivity index (χ0) is 21.5. The number of hydrogen-bond donors (Lipinski definition) is 0. The van der Waals surface area contributed by atoms with Crippen LogP contribution in [0.5, 0.6) is 0 Å². The molecule has 0 aliphatic rings. The van der Waals surface area contributed by atoms with Crippen LogP contribution in [0.15, 0.2) is 54.6 Å². The van der Waals surface area contributed by atoms with Crippen LogP contribution in [0, 0.1) is 0 Å². The number of ether oxygens (including phenoxy) is 1. The maximum atomic E-state index is 14.8. The van der Waals surface area contributed by atoms with Gasteiger partial charge in [-0.25, -0.2) is 9.18 Å². The second kappa shape index (κ2) is 9.92. The van der Waals surface area contributed by atoms with Crippen LogP contribution in [-0.2, 0) is 9.53 Å². The molecule has 0 saturated heterocycles. The van der Waals surface area contributed by atoms with E-state index in [4.69, 9.17) is 11.6 Å². The van der Waals surface area contributed by atoms with Gasteiger partial charge in [-0.05, 0) is 41.3 Å². The van der Waals surface area contributed by atoms with Crippen molar-refractivity contribution in [2.45, 2.75) is 50.8 Å². The first-order chi connectivity index (χ1) is 13.7. The molecule has 0 aliphatic carbocycles. The lowest BCUT2D eigenvalue weighted by atomic mass is 9.97. The van der Waals surface area contributed by atoms with Gasteiger partial charge in [-0.3, -0.25) is 4.79 Å². The fraction of sp³-hybridized carbons (Fsp3) is 0.364. The molecule has 1 atom stereocenters. The first kappa shape index (κ1) is 22.9. The standard InChI is InChI=1S/C22H22ClF3O3/c1-2-3-4-8-15-21(24,20(23)28)22(25,26)29-19(27)18-13-11-17(12-14-18)16-9-6-5-7-10-16/h5-7,9-14H,2-4,8,15H2,1H3. The molecule has 0 aliphatic heterocycles. The molecule has 0 N–H and O–H groups in total. The molecular weight excluding hydrogens is 405 g/mol. The lowest BCUT2D eigenvalue weighted by Crippen LogP contribution is -2.51. The Labute approximate surface area is 172 Å². The Bertz CT molecular complexity index is 825. The smallest absolute Gasteiger partial charge is 0.394 e. The van der Waals surface area contributed by atoms with Crippen molar-refractivity contribution in [1.29, 1.82) is 0 Å². The van der Waals surface area contributed by atoms with Gasteiger partial charge in [0.15, 0.2) is 0 Å². The fourth-order valence-corrected chi connectivity index (χ4v) is 3.04. The van der Waals surface area contributed by atoms with Gasteiger partial charge in [-0.1, -0.05) is 68.7 Å². The van der Waals surface area contributed by atoms with Crippen LogP contribution in [0.3, 0.4) is 0 Å². The number of unbranched alkanes of at least 4 members (excludes halogenated alkanes) is 3. The molecule has 0 bridgehead atoms. The first-order valence-electron chi connectivity index (χ1n) is 9.37. The highest BCUT2D eigenvalue weighted by Gasteiger charge is 2.63. The maximum absolute atomic E-state index is 14.8. The van der Waals surface area contributed by atoms with E-state index in [2.05, 4.69) is 4.74 Å². The van der Waals surface area contributed by atoms with E-state index in [1.165, 1.54) is 12.1 Å². The van der Waals surface area contributed by atoms with Crippen molar-refractivity contribution in [1.82, 2.24) is 0 Å². The Balaban J connectivity index is 2.12. The highest BCUT2D eigenvalue weighted by Crippen LogP contribution is 2.40. The Morgan fingerprint density at radius 1 is 0.897 bits per heavy atom. The van der Waals surface area contributed by atoms with Gasteiger partial charge in [0.1, 0.15) is 0 Å². The average molecular weight is 427 g/mol. The first-order valence-corrected chi connectivity index (χ1v) is 9.74. The van der Waals surface area contributed by atoms with Gasteiger partial charge in [0.05, 0.1) is 5.56 Å². The largest absolute Gasteiger partial charge is 0.443 e. The predicted octanol–water partition coefficient (Wildman–Crippen LogP) is 6.55. The van der Waals surface area contributed by atoms with Gasteiger partial charge < -0.3 is 4.74 Å².